The second-order valence-electron chi connectivity index (χ2n) is 3.73. The van der Waals surface area contributed by atoms with Crippen LogP contribution < -0.4 is 4.74 Å². The summed E-state index contributed by atoms with van der Waals surface area (Å²) in [4.78, 5) is 4.34. The summed E-state index contributed by atoms with van der Waals surface area (Å²) in [6.07, 6.45) is 2.12. The van der Waals surface area contributed by atoms with Gasteiger partial charge in [0.2, 0.25) is 0 Å². The number of phenols is 1. The lowest BCUT2D eigenvalue weighted by molar-refractivity contribution is 0.308. The number of aromatic nitrogens is 1. The van der Waals surface area contributed by atoms with Gasteiger partial charge in [-0.25, -0.2) is 4.98 Å². The van der Waals surface area contributed by atoms with Crippen LogP contribution in [-0.2, 0) is 0 Å². The second-order valence-corrected chi connectivity index (χ2v) is 4.93. The van der Waals surface area contributed by atoms with Crippen molar-refractivity contribution in [1.82, 2.24) is 4.98 Å². The highest BCUT2D eigenvalue weighted by atomic mass is 32.1. The molecular weight excluding hydrogens is 222 g/mol. The smallest absolute Gasteiger partial charge is 0.138 e. The molecule has 3 nitrogen and oxygen atoms in total. The lowest BCUT2D eigenvalue weighted by atomic mass is 10.3. The first-order valence-electron chi connectivity index (χ1n) is 5.43. The highest BCUT2D eigenvalue weighted by Crippen LogP contribution is 2.34. The number of aromatic hydroxyl groups is 1. The standard InChI is InChI=1S/C12H15NO2S/c1-3-4-5-15-9-6-10-12(11(14)7-9)16-8(2)13-10/h6-7,14H,3-5H2,1-2H3. The zero-order valence-electron chi connectivity index (χ0n) is 9.49. The molecule has 2 rings (SSSR count). The average molecular weight is 237 g/mol. The molecule has 0 fully saturated rings. The highest BCUT2D eigenvalue weighted by Gasteiger charge is 2.08. The molecule has 16 heavy (non-hydrogen) atoms. The third kappa shape index (κ3) is 2.27. The predicted octanol–water partition coefficient (Wildman–Crippen LogP) is 3.49. The fraction of sp³-hybridized carbons (Fsp3) is 0.417. The lowest BCUT2D eigenvalue weighted by Crippen LogP contribution is -1.96. The van der Waals surface area contributed by atoms with E-state index in [1.54, 1.807) is 6.07 Å². The molecule has 1 aromatic carbocycles. The van der Waals surface area contributed by atoms with Crippen LogP contribution in [0.15, 0.2) is 12.1 Å². The van der Waals surface area contributed by atoms with Gasteiger partial charge in [0, 0.05) is 12.1 Å². The summed E-state index contributed by atoms with van der Waals surface area (Å²) in [5.74, 6) is 0.957. The zero-order valence-corrected chi connectivity index (χ0v) is 10.3. The largest absolute Gasteiger partial charge is 0.506 e. The molecular formula is C12H15NO2S. The molecule has 0 aliphatic heterocycles. The average Bonchev–Trinajstić information content (AvgIpc) is 2.60. The van der Waals surface area contributed by atoms with Gasteiger partial charge in [0.25, 0.3) is 0 Å². The minimum Gasteiger partial charge on any atom is -0.506 e. The quantitative estimate of drug-likeness (QED) is 0.828. The Morgan fingerprint density at radius 2 is 2.25 bits per heavy atom. The van der Waals surface area contributed by atoms with E-state index in [9.17, 15) is 5.11 Å². The molecule has 0 unspecified atom stereocenters. The maximum atomic E-state index is 9.81. The van der Waals surface area contributed by atoms with Gasteiger partial charge < -0.3 is 9.84 Å². The fourth-order valence-corrected chi connectivity index (χ4v) is 2.33. The molecule has 4 heteroatoms. The first-order valence-corrected chi connectivity index (χ1v) is 6.25. The van der Waals surface area contributed by atoms with E-state index in [2.05, 4.69) is 11.9 Å². The van der Waals surface area contributed by atoms with Crippen LogP contribution in [0.2, 0.25) is 0 Å². The monoisotopic (exact) mass is 237 g/mol. The molecule has 1 aromatic heterocycles. The SMILES string of the molecule is CCCCOc1cc(O)c2sc(C)nc2c1. The first-order chi connectivity index (χ1) is 7.70. The third-order valence-electron chi connectivity index (χ3n) is 2.32. The number of ether oxygens (including phenoxy) is 1. The topological polar surface area (TPSA) is 42.4 Å². The Hall–Kier alpha value is -1.29. The molecule has 0 aliphatic carbocycles. The Bertz CT molecular complexity index is 493. The summed E-state index contributed by atoms with van der Waals surface area (Å²) < 4.78 is 6.38. The summed E-state index contributed by atoms with van der Waals surface area (Å²) in [6, 6.07) is 3.55. The first kappa shape index (κ1) is 11.2. The highest BCUT2D eigenvalue weighted by molar-refractivity contribution is 7.18. The molecule has 0 atom stereocenters. The second kappa shape index (κ2) is 4.70. The number of nitrogens with zero attached hydrogens (tertiary/aromatic N) is 1. The van der Waals surface area contributed by atoms with Crippen molar-refractivity contribution < 1.29 is 9.84 Å². The molecule has 1 N–H and O–H groups in total. The minimum atomic E-state index is 0.259. The van der Waals surface area contributed by atoms with Crippen LogP contribution in [0.25, 0.3) is 10.2 Å². The summed E-state index contributed by atoms with van der Waals surface area (Å²) in [5, 5.41) is 10.8. The predicted molar refractivity (Wildman–Crippen MR) is 66.4 cm³/mol. The maximum absolute atomic E-state index is 9.81. The molecule has 0 amide bonds. The lowest BCUT2D eigenvalue weighted by Gasteiger charge is -2.05. The van der Waals surface area contributed by atoms with E-state index in [0.29, 0.717) is 12.4 Å². The molecule has 2 aromatic rings. The van der Waals surface area contributed by atoms with Gasteiger partial charge in [0.15, 0.2) is 0 Å². The molecule has 1 heterocycles. The summed E-state index contributed by atoms with van der Waals surface area (Å²) in [5.41, 5.74) is 0.814. The van der Waals surface area contributed by atoms with Crippen molar-refractivity contribution in [3.8, 4) is 11.5 Å². The van der Waals surface area contributed by atoms with Gasteiger partial charge in [-0.3, -0.25) is 0 Å². The number of hydrogen-bond acceptors (Lipinski definition) is 4. The Labute approximate surface area is 98.7 Å². The Morgan fingerprint density at radius 3 is 3.00 bits per heavy atom. The van der Waals surface area contributed by atoms with Crippen molar-refractivity contribution in [1.29, 1.82) is 0 Å². The number of benzene rings is 1. The van der Waals surface area contributed by atoms with Gasteiger partial charge in [-0.05, 0) is 13.3 Å². The van der Waals surface area contributed by atoms with E-state index in [4.69, 9.17) is 4.74 Å². The number of rotatable bonds is 4. The molecule has 0 saturated heterocycles. The molecule has 0 spiro atoms. The van der Waals surface area contributed by atoms with Crippen molar-refractivity contribution in [2.75, 3.05) is 6.61 Å². The van der Waals surface area contributed by atoms with Crippen molar-refractivity contribution in [2.45, 2.75) is 26.7 Å². The summed E-state index contributed by atoms with van der Waals surface area (Å²) in [6.45, 7) is 4.74. The van der Waals surface area contributed by atoms with Gasteiger partial charge in [-0.1, -0.05) is 13.3 Å². The van der Waals surface area contributed by atoms with Crippen LogP contribution in [-0.4, -0.2) is 16.7 Å². The van der Waals surface area contributed by atoms with Crippen molar-refractivity contribution in [3.05, 3.63) is 17.1 Å². The number of hydrogen-bond donors (Lipinski definition) is 1. The Kier molecular flexibility index (Phi) is 3.29. The molecule has 0 aliphatic rings. The van der Waals surface area contributed by atoms with Crippen LogP contribution >= 0.6 is 11.3 Å². The minimum absolute atomic E-state index is 0.259. The normalized spacial score (nSPS) is 10.9. The number of thiazole rings is 1. The maximum Gasteiger partial charge on any atom is 0.138 e. The van der Waals surface area contributed by atoms with Gasteiger partial charge >= 0.3 is 0 Å². The van der Waals surface area contributed by atoms with Crippen LogP contribution in [0.1, 0.15) is 24.8 Å². The molecule has 0 bridgehead atoms. The summed E-state index contributed by atoms with van der Waals surface area (Å²) in [7, 11) is 0. The van der Waals surface area contributed by atoms with E-state index < -0.39 is 0 Å². The van der Waals surface area contributed by atoms with E-state index >= 15 is 0 Å². The fourth-order valence-electron chi connectivity index (χ4n) is 1.52. The summed E-state index contributed by atoms with van der Waals surface area (Å²) >= 11 is 1.50. The molecule has 86 valence electrons. The van der Waals surface area contributed by atoms with Crippen molar-refractivity contribution >= 4 is 21.6 Å². The Balaban J connectivity index is 2.27. The Morgan fingerprint density at radius 1 is 1.44 bits per heavy atom. The number of aryl methyl sites for hydroxylation is 1. The number of fused-ring (bicyclic) bond motifs is 1. The zero-order chi connectivity index (χ0) is 11.5. The van der Waals surface area contributed by atoms with E-state index in [0.717, 1.165) is 28.1 Å². The number of unbranched alkanes of at least 4 members (excludes halogenated alkanes) is 1. The number of phenolic OH excluding ortho intramolecular Hbond substituents is 1. The van der Waals surface area contributed by atoms with Crippen molar-refractivity contribution in [3.63, 3.8) is 0 Å². The van der Waals surface area contributed by atoms with Gasteiger partial charge in [-0.2, -0.15) is 0 Å². The van der Waals surface area contributed by atoms with Gasteiger partial charge in [0.05, 0.1) is 21.8 Å². The molecule has 0 radical (unpaired) electrons. The van der Waals surface area contributed by atoms with E-state index in [1.165, 1.54) is 11.3 Å². The van der Waals surface area contributed by atoms with Crippen LogP contribution in [0, 0.1) is 6.92 Å². The molecule has 0 saturated carbocycles. The van der Waals surface area contributed by atoms with Crippen LogP contribution in [0.4, 0.5) is 0 Å². The van der Waals surface area contributed by atoms with E-state index in [-0.39, 0.29) is 5.75 Å². The van der Waals surface area contributed by atoms with Gasteiger partial charge in [0.1, 0.15) is 11.5 Å². The van der Waals surface area contributed by atoms with Crippen LogP contribution in [0.5, 0.6) is 11.5 Å². The third-order valence-corrected chi connectivity index (χ3v) is 3.33. The van der Waals surface area contributed by atoms with Gasteiger partial charge in [-0.15, -0.1) is 11.3 Å². The van der Waals surface area contributed by atoms with Crippen molar-refractivity contribution in [2.24, 2.45) is 0 Å². The van der Waals surface area contributed by atoms with E-state index in [1.807, 2.05) is 13.0 Å². The van der Waals surface area contributed by atoms with Crippen LogP contribution in [0.3, 0.4) is 0 Å².